The van der Waals surface area contributed by atoms with Crippen LogP contribution in [0.3, 0.4) is 0 Å². The molecule has 0 spiro atoms. The van der Waals surface area contributed by atoms with Gasteiger partial charge in [0.05, 0.1) is 12.6 Å². The van der Waals surface area contributed by atoms with E-state index in [9.17, 15) is 9.59 Å². The highest BCUT2D eigenvalue weighted by atomic mass is 16.4. The van der Waals surface area contributed by atoms with E-state index in [-0.39, 0.29) is 19.0 Å². The van der Waals surface area contributed by atoms with Crippen LogP contribution in [-0.4, -0.2) is 28.6 Å². The Balaban J connectivity index is 2.33. The Morgan fingerprint density at radius 3 is 2.82 bits per heavy atom. The third-order valence-corrected chi connectivity index (χ3v) is 1.98. The summed E-state index contributed by atoms with van der Waals surface area (Å²) >= 11 is 0. The Morgan fingerprint density at radius 1 is 1.59 bits per heavy atom. The largest absolute Gasteiger partial charge is 0.481 e. The molecule has 1 aromatic heterocycles. The predicted molar refractivity (Wildman–Crippen MR) is 58.4 cm³/mol. The molecule has 0 aliphatic rings. The number of urea groups is 1. The standard InChI is InChI=1S/C10H15N3O4/c1-6-5-12-9(17-6)7(2)13-10(16)11-4-3-8(14)15/h5,7H,3-4H2,1-2H3,(H,14,15)(H2,11,13,16). The number of hydrogen-bond donors (Lipinski definition) is 3. The number of hydrogen-bond acceptors (Lipinski definition) is 4. The zero-order valence-electron chi connectivity index (χ0n) is 9.69. The van der Waals surface area contributed by atoms with E-state index >= 15 is 0 Å². The Hall–Kier alpha value is -2.05. The summed E-state index contributed by atoms with van der Waals surface area (Å²) < 4.78 is 5.24. The van der Waals surface area contributed by atoms with Crippen LogP contribution in [0.5, 0.6) is 0 Å². The lowest BCUT2D eigenvalue weighted by Gasteiger charge is -2.10. The van der Waals surface area contributed by atoms with E-state index in [1.165, 1.54) is 0 Å². The van der Waals surface area contributed by atoms with Crippen LogP contribution in [0.15, 0.2) is 10.6 Å². The SMILES string of the molecule is Cc1cnc(C(C)NC(=O)NCCC(=O)O)o1. The molecule has 1 aromatic rings. The van der Waals surface area contributed by atoms with Crippen LogP contribution in [0.4, 0.5) is 4.79 Å². The van der Waals surface area contributed by atoms with Gasteiger partial charge in [0.25, 0.3) is 0 Å². The molecule has 0 bridgehead atoms. The third-order valence-electron chi connectivity index (χ3n) is 1.98. The van der Waals surface area contributed by atoms with Gasteiger partial charge in [-0.1, -0.05) is 0 Å². The number of aliphatic carboxylic acids is 1. The first-order chi connectivity index (χ1) is 7.99. The van der Waals surface area contributed by atoms with E-state index in [0.717, 1.165) is 0 Å². The van der Waals surface area contributed by atoms with Gasteiger partial charge in [0.1, 0.15) is 11.8 Å². The fourth-order valence-corrected chi connectivity index (χ4v) is 1.16. The molecule has 0 aromatic carbocycles. The minimum atomic E-state index is -0.957. The molecule has 1 unspecified atom stereocenters. The highest BCUT2D eigenvalue weighted by Crippen LogP contribution is 2.11. The van der Waals surface area contributed by atoms with E-state index in [1.54, 1.807) is 20.0 Å². The number of carbonyl (C=O) groups excluding carboxylic acids is 1. The van der Waals surface area contributed by atoms with Gasteiger partial charge in [0.2, 0.25) is 5.89 Å². The molecule has 0 saturated carbocycles. The van der Waals surface area contributed by atoms with Gasteiger partial charge in [0, 0.05) is 6.54 Å². The zero-order chi connectivity index (χ0) is 12.8. The summed E-state index contributed by atoms with van der Waals surface area (Å²) in [6.45, 7) is 3.57. The lowest BCUT2D eigenvalue weighted by atomic mass is 10.3. The molecule has 7 heteroatoms. The molecule has 94 valence electrons. The highest BCUT2D eigenvalue weighted by molar-refractivity contribution is 5.75. The second-order valence-corrected chi connectivity index (χ2v) is 3.57. The summed E-state index contributed by atoms with van der Waals surface area (Å²) in [5, 5.41) is 13.4. The van der Waals surface area contributed by atoms with Crippen LogP contribution in [0, 0.1) is 6.92 Å². The van der Waals surface area contributed by atoms with Gasteiger partial charge < -0.3 is 20.2 Å². The minimum absolute atomic E-state index is 0.0818. The lowest BCUT2D eigenvalue weighted by Crippen LogP contribution is -2.38. The molecular formula is C10H15N3O4. The number of carbonyl (C=O) groups is 2. The van der Waals surface area contributed by atoms with Crippen LogP contribution >= 0.6 is 0 Å². The maximum absolute atomic E-state index is 11.3. The molecule has 3 N–H and O–H groups in total. The fraction of sp³-hybridized carbons (Fsp3) is 0.500. The van der Waals surface area contributed by atoms with Crippen molar-refractivity contribution in [2.75, 3.05) is 6.54 Å². The number of aryl methyl sites for hydroxylation is 1. The number of nitrogens with one attached hydrogen (secondary N) is 2. The van der Waals surface area contributed by atoms with Crippen LogP contribution in [-0.2, 0) is 4.79 Å². The number of carboxylic acid groups (broad SMARTS) is 1. The average molecular weight is 241 g/mol. The number of oxazole rings is 1. The molecule has 1 atom stereocenters. The molecule has 1 heterocycles. The lowest BCUT2D eigenvalue weighted by molar-refractivity contribution is -0.136. The van der Waals surface area contributed by atoms with Gasteiger partial charge >= 0.3 is 12.0 Å². The normalized spacial score (nSPS) is 11.9. The molecular weight excluding hydrogens is 226 g/mol. The minimum Gasteiger partial charge on any atom is -0.481 e. The van der Waals surface area contributed by atoms with Crippen molar-refractivity contribution in [3.63, 3.8) is 0 Å². The maximum Gasteiger partial charge on any atom is 0.315 e. The summed E-state index contributed by atoms with van der Waals surface area (Å²) in [5.74, 6) is 0.123. The molecule has 17 heavy (non-hydrogen) atoms. The summed E-state index contributed by atoms with van der Waals surface area (Å²) in [7, 11) is 0. The third kappa shape index (κ3) is 4.54. The molecule has 7 nitrogen and oxygen atoms in total. The van der Waals surface area contributed by atoms with Gasteiger partial charge in [-0.15, -0.1) is 0 Å². The number of carboxylic acids is 1. The second-order valence-electron chi connectivity index (χ2n) is 3.57. The van der Waals surface area contributed by atoms with Gasteiger partial charge in [-0.05, 0) is 13.8 Å². The number of aromatic nitrogens is 1. The van der Waals surface area contributed by atoms with Gasteiger partial charge in [0.15, 0.2) is 0 Å². The van der Waals surface area contributed by atoms with E-state index in [1.807, 2.05) is 0 Å². The predicted octanol–water partition coefficient (Wildman–Crippen LogP) is 0.818. The first-order valence-corrected chi connectivity index (χ1v) is 5.17. The fourth-order valence-electron chi connectivity index (χ4n) is 1.16. The Morgan fingerprint density at radius 2 is 2.29 bits per heavy atom. The van der Waals surface area contributed by atoms with Crippen LogP contribution in [0.25, 0.3) is 0 Å². The topological polar surface area (TPSA) is 104 Å². The van der Waals surface area contributed by atoms with Crippen molar-refractivity contribution in [3.05, 3.63) is 17.8 Å². The molecule has 0 aliphatic heterocycles. The van der Waals surface area contributed by atoms with Crippen molar-refractivity contribution < 1.29 is 19.1 Å². The van der Waals surface area contributed by atoms with Crippen LogP contribution < -0.4 is 10.6 Å². The Labute approximate surface area is 98.2 Å². The van der Waals surface area contributed by atoms with Gasteiger partial charge in [-0.3, -0.25) is 4.79 Å². The summed E-state index contributed by atoms with van der Waals surface area (Å²) in [6, 6.07) is -0.817. The van der Waals surface area contributed by atoms with E-state index in [2.05, 4.69) is 15.6 Å². The summed E-state index contributed by atoms with van der Waals surface area (Å²) in [5.41, 5.74) is 0. The highest BCUT2D eigenvalue weighted by Gasteiger charge is 2.13. The van der Waals surface area contributed by atoms with Gasteiger partial charge in [-0.2, -0.15) is 0 Å². The molecule has 0 radical (unpaired) electrons. The molecule has 1 rings (SSSR count). The van der Waals surface area contributed by atoms with Crippen molar-refractivity contribution in [3.8, 4) is 0 Å². The van der Waals surface area contributed by atoms with E-state index in [4.69, 9.17) is 9.52 Å². The second kappa shape index (κ2) is 5.88. The maximum atomic E-state index is 11.3. The van der Waals surface area contributed by atoms with Crippen molar-refractivity contribution in [1.82, 2.24) is 15.6 Å². The van der Waals surface area contributed by atoms with Crippen molar-refractivity contribution in [1.29, 1.82) is 0 Å². The van der Waals surface area contributed by atoms with Crippen molar-refractivity contribution in [2.45, 2.75) is 26.3 Å². The quantitative estimate of drug-likeness (QED) is 0.707. The Kier molecular flexibility index (Phi) is 4.50. The van der Waals surface area contributed by atoms with E-state index < -0.39 is 12.0 Å². The monoisotopic (exact) mass is 241 g/mol. The molecule has 0 fully saturated rings. The zero-order valence-corrected chi connectivity index (χ0v) is 9.69. The molecule has 0 aliphatic carbocycles. The van der Waals surface area contributed by atoms with Crippen LogP contribution in [0.1, 0.15) is 31.0 Å². The number of nitrogens with zero attached hydrogens (tertiary/aromatic N) is 1. The van der Waals surface area contributed by atoms with Gasteiger partial charge in [-0.25, -0.2) is 9.78 Å². The smallest absolute Gasteiger partial charge is 0.315 e. The van der Waals surface area contributed by atoms with Crippen LogP contribution in [0.2, 0.25) is 0 Å². The van der Waals surface area contributed by atoms with Crippen molar-refractivity contribution >= 4 is 12.0 Å². The average Bonchev–Trinajstić information content (AvgIpc) is 2.64. The summed E-state index contributed by atoms with van der Waals surface area (Å²) in [6.07, 6.45) is 1.45. The first-order valence-electron chi connectivity index (χ1n) is 5.17. The van der Waals surface area contributed by atoms with E-state index in [0.29, 0.717) is 11.7 Å². The molecule has 0 saturated heterocycles. The summed E-state index contributed by atoms with van der Waals surface area (Å²) in [4.78, 5) is 25.5. The molecule has 2 amide bonds. The first kappa shape index (κ1) is 13.0. The van der Waals surface area contributed by atoms with Crippen molar-refractivity contribution in [2.24, 2.45) is 0 Å². The Bertz CT molecular complexity index is 402. The number of amides is 2. The number of rotatable bonds is 5.